The lowest BCUT2D eigenvalue weighted by molar-refractivity contribution is -0.150. The highest BCUT2D eigenvalue weighted by atomic mass is 32.1. The number of hydrogen-bond donors (Lipinski definition) is 2. The molecule has 2 aliphatic heterocycles. The molecule has 1 N–H and O–H groups in total. The third-order valence-corrected chi connectivity index (χ3v) is 4.84. The lowest BCUT2D eigenvalue weighted by atomic mass is 9.86. The summed E-state index contributed by atoms with van der Waals surface area (Å²) >= 11 is 4.39. The number of likely N-dealkylation sites (N-methyl/N-ethyl adjacent to an activating group) is 1. The molecule has 0 spiro atoms. The molecule has 0 aromatic rings. The first-order valence-corrected chi connectivity index (χ1v) is 8.72. The first-order valence-electron chi connectivity index (χ1n) is 8.09. The highest BCUT2D eigenvalue weighted by molar-refractivity contribution is 7.80. The van der Waals surface area contributed by atoms with Crippen molar-refractivity contribution in [2.45, 2.75) is 31.8 Å². The quantitative estimate of drug-likeness (QED) is 0.570. The second-order valence-corrected chi connectivity index (χ2v) is 6.57. The number of piperidine rings is 1. The summed E-state index contributed by atoms with van der Waals surface area (Å²) in [7, 11) is 2.17. The molecule has 0 aliphatic carbocycles. The van der Waals surface area contributed by atoms with E-state index >= 15 is 0 Å². The van der Waals surface area contributed by atoms with Gasteiger partial charge in [0.1, 0.15) is 0 Å². The molecule has 0 amide bonds. The van der Waals surface area contributed by atoms with Crippen LogP contribution in [0.4, 0.5) is 0 Å². The maximum atomic E-state index is 12.1. The Bertz CT molecular complexity index is 343. The molecule has 0 saturated carbocycles. The van der Waals surface area contributed by atoms with Crippen molar-refractivity contribution in [1.29, 1.82) is 0 Å². The fraction of sp³-hybridized carbons (Fsp3) is 0.933. The number of rotatable bonds is 5. The first kappa shape index (κ1) is 17.1. The summed E-state index contributed by atoms with van der Waals surface area (Å²) in [6, 6.07) is 0.837. The van der Waals surface area contributed by atoms with Gasteiger partial charge in [-0.3, -0.25) is 9.69 Å². The number of carbonyl (C=O) groups is 1. The van der Waals surface area contributed by atoms with Crippen LogP contribution < -0.4 is 5.32 Å². The third-order valence-electron chi connectivity index (χ3n) is 4.64. The highest BCUT2D eigenvalue weighted by Crippen LogP contribution is 2.27. The molecule has 21 heavy (non-hydrogen) atoms. The molecule has 0 radical (unpaired) electrons. The average Bonchev–Trinajstić information content (AvgIpc) is 2.48. The van der Waals surface area contributed by atoms with Gasteiger partial charge in [0, 0.05) is 44.0 Å². The molecule has 0 bridgehead atoms. The smallest absolute Gasteiger partial charge is 0.309 e. The zero-order valence-electron chi connectivity index (χ0n) is 13.3. The molecule has 2 rings (SSSR count). The van der Waals surface area contributed by atoms with Gasteiger partial charge in [-0.25, -0.2) is 0 Å². The van der Waals surface area contributed by atoms with E-state index < -0.39 is 0 Å². The van der Waals surface area contributed by atoms with Crippen LogP contribution in [0.5, 0.6) is 0 Å². The van der Waals surface area contributed by atoms with Gasteiger partial charge in [0.05, 0.1) is 12.5 Å². The van der Waals surface area contributed by atoms with Crippen molar-refractivity contribution in [2.24, 2.45) is 5.92 Å². The van der Waals surface area contributed by atoms with Crippen molar-refractivity contribution < 1.29 is 9.53 Å². The van der Waals surface area contributed by atoms with Crippen LogP contribution in [0.15, 0.2) is 0 Å². The summed E-state index contributed by atoms with van der Waals surface area (Å²) in [6.07, 6.45) is 1.81. The number of piperazine rings is 1. The van der Waals surface area contributed by atoms with Crippen LogP contribution in [-0.2, 0) is 9.53 Å². The number of esters is 1. The van der Waals surface area contributed by atoms with Gasteiger partial charge in [-0.2, -0.15) is 12.6 Å². The van der Waals surface area contributed by atoms with Crippen LogP contribution >= 0.6 is 12.6 Å². The molecule has 2 aliphatic rings. The largest absolute Gasteiger partial charge is 0.466 e. The summed E-state index contributed by atoms with van der Waals surface area (Å²) in [6.45, 7) is 7.48. The molecule has 6 heteroatoms. The minimum atomic E-state index is -0.0165. The third kappa shape index (κ3) is 4.58. The lowest BCUT2D eigenvalue weighted by Crippen LogP contribution is -2.61. The molecule has 2 heterocycles. The van der Waals surface area contributed by atoms with Crippen molar-refractivity contribution in [1.82, 2.24) is 15.1 Å². The Morgan fingerprint density at radius 3 is 2.90 bits per heavy atom. The summed E-state index contributed by atoms with van der Waals surface area (Å²) < 4.78 is 5.23. The molecule has 0 aromatic carbocycles. The summed E-state index contributed by atoms with van der Waals surface area (Å²) in [4.78, 5) is 16.9. The van der Waals surface area contributed by atoms with E-state index in [4.69, 9.17) is 4.74 Å². The van der Waals surface area contributed by atoms with Crippen molar-refractivity contribution >= 4 is 18.6 Å². The number of ether oxygens (including phenoxy) is 1. The van der Waals surface area contributed by atoms with Crippen LogP contribution in [0.25, 0.3) is 0 Å². The normalized spacial score (nSPS) is 32.0. The second kappa shape index (κ2) is 8.36. The molecule has 3 unspecified atom stereocenters. The second-order valence-electron chi connectivity index (χ2n) is 6.12. The van der Waals surface area contributed by atoms with Gasteiger partial charge in [-0.05, 0) is 33.4 Å². The Hall–Kier alpha value is -0.300. The van der Waals surface area contributed by atoms with Gasteiger partial charge >= 0.3 is 5.97 Å². The number of carbonyl (C=O) groups excluding carboxylic acids is 1. The topological polar surface area (TPSA) is 44.8 Å². The molecule has 0 aromatic heterocycles. The standard InChI is InChI=1S/C15H29N3O2S/c1-3-20-15(19)12-4-6-18(8-9-21)14(10-12)13-11-17(2)7-5-16-13/h12-14,16,21H,3-11H2,1-2H3. The Balaban J connectivity index is 2.02. The highest BCUT2D eigenvalue weighted by Gasteiger charge is 2.37. The molecular weight excluding hydrogens is 286 g/mol. The van der Waals surface area contributed by atoms with E-state index in [1.807, 2.05) is 6.92 Å². The van der Waals surface area contributed by atoms with E-state index in [2.05, 4.69) is 34.8 Å². The average molecular weight is 315 g/mol. The first-order chi connectivity index (χ1) is 10.2. The zero-order chi connectivity index (χ0) is 15.2. The number of nitrogens with one attached hydrogen (secondary N) is 1. The van der Waals surface area contributed by atoms with Gasteiger partial charge in [-0.15, -0.1) is 0 Å². The number of hydrogen-bond acceptors (Lipinski definition) is 6. The van der Waals surface area contributed by atoms with Gasteiger partial charge in [-0.1, -0.05) is 0 Å². The van der Waals surface area contributed by atoms with Crippen molar-refractivity contribution in [3.8, 4) is 0 Å². The molecule has 2 fully saturated rings. The fourth-order valence-corrected chi connectivity index (χ4v) is 3.79. The number of nitrogens with zero attached hydrogens (tertiary/aromatic N) is 2. The van der Waals surface area contributed by atoms with E-state index in [0.29, 0.717) is 18.7 Å². The van der Waals surface area contributed by atoms with Crippen molar-refractivity contribution in [2.75, 3.05) is 52.1 Å². The minimum absolute atomic E-state index is 0.0165. The maximum absolute atomic E-state index is 12.1. The Morgan fingerprint density at radius 1 is 1.43 bits per heavy atom. The minimum Gasteiger partial charge on any atom is -0.466 e. The van der Waals surface area contributed by atoms with E-state index in [9.17, 15) is 4.79 Å². The monoisotopic (exact) mass is 315 g/mol. The van der Waals surface area contributed by atoms with E-state index in [-0.39, 0.29) is 11.9 Å². The predicted octanol–water partition coefficient (Wildman–Crippen LogP) is 0.464. The molecule has 5 nitrogen and oxygen atoms in total. The Morgan fingerprint density at radius 2 is 2.24 bits per heavy atom. The maximum Gasteiger partial charge on any atom is 0.309 e. The summed E-state index contributed by atoms with van der Waals surface area (Å²) in [5.74, 6) is 0.903. The molecule has 3 atom stereocenters. The molecular formula is C15H29N3O2S. The van der Waals surface area contributed by atoms with Crippen LogP contribution in [0.3, 0.4) is 0 Å². The van der Waals surface area contributed by atoms with Crippen molar-refractivity contribution in [3.63, 3.8) is 0 Å². The lowest BCUT2D eigenvalue weighted by Gasteiger charge is -2.45. The van der Waals surface area contributed by atoms with Gasteiger partial charge in [0.25, 0.3) is 0 Å². The van der Waals surface area contributed by atoms with Gasteiger partial charge in [0.2, 0.25) is 0 Å². The van der Waals surface area contributed by atoms with Gasteiger partial charge in [0.15, 0.2) is 0 Å². The van der Waals surface area contributed by atoms with Crippen LogP contribution in [0.1, 0.15) is 19.8 Å². The van der Waals surface area contributed by atoms with Crippen molar-refractivity contribution in [3.05, 3.63) is 0 Å². The van der Waals surface area contributed by atoms with Crippen LogP contribution in [-0.4, -0.2) is 80.0 Å². The van der Waals surface area contributed by atoms with Crippen LogP contribution in [0.2, 0.25) is 0 Å². The Kier molecular flexibility index (Phi) is 6.79. The predicted molar refractivity (Wildman–Crippen MR) is 87.9 cm³/mol. The number of likely N-dealkylation sites (tertiary alicyclic amines) is 1. The van der Waals surface area contributed by atoms with Gasteiger partial charge < -0.3 is 15.0 Å². The fourth-order valence-electron chi connectivity index (χ4n) is 3.54. The van der Waals surface area contributed by atoms with E-state index in [1.54, 1.807) is 0 Å². The SMILES string of the molecule is CCOC(=O)C1CCN(CCS)C(C2CN(C)CCN2)C1. The number of thiol groups is 1. The van der Waals surface area contributed by atoms with Crippen LogP contribution in [0, 0.1) is 5.92 Å². The zero-order valence-corrected chi connectivity index (χ0v) is 14.1. The summed E-state index contributed by atoms with van der Waals surface area (Å²) in [5.41, 5.74) is 0. The molecule has 2 saturated heterocycles. The molecule has 122 valence electrons. The summed E-state index contributed by atoms with van der Waals surface area (Å²) in [5, 5.41) is 3.64. The van der Waals surface area contributed by atoms with E-state index in [0.717, 1.165) is 51.3 Å². The van der Waals surface area contributed by atoms with E-state index in [1.165, 1.54) is 0 Å². The Labute approximate surface area is 133 Å².